The monoisotopic (exact) mass is 428 g/mol. The molecule has 5 heteroatoms. The number of fused-ring (bicyclic) bond motifs is 1. The Morgan fingerprint density at radius 1 is 1.32 bits per heavy atom. The van der Waals surface area contributed by atoms with Gasteiger partial charge in [0.2, 0.25) is 0 Å². The topological polar surface area (TPSA) is 34.5 Å². The zero-order valence-corrected chi connectivity index (χ0v) is 19.7. The van der Waals surface area contributed by atoms with Crippen molar-refractivity contribution in [2.24, 2.45) is 5.92 Å². The Kier molecular flexibility index (Phi) is 7.45. The molecule has 0 aliphatic carbocycles. The Hall–Kier alpha value is -2.30. The second-order valence-corrected chi connectivity index (χ2v) is 9.86. The molecule has 1 fully saturated rings. The van der Waals surface area contributed by atoms with Crippen LogP contribution in [0.3, 0.4) is 0 Å². The summed E-state index contributed by atoms with van der Waals surface area (Å²) in [6.07, 6.45) is 11.3. The molecule has 1 aliphatic heterocycles. The van der Waals surface area contributed by atoms with Crippen molar-refractivity contribution in [1.82, 2.24) is 9.47 Å². The molecule has 1 aromatic heterocycles. The number of rotatable bonds is 7. The number of ether oxygens (including phenoxy) is 1. The fourth-order valence-electron chi connectivity index (χ4n) is 4.42. The van der Waals surface area contributed by atoms with Gasteiger partial charge in [0.15, 0.2) is 0 Å². The fourth-order valence-corrected chi connectivity index (χ4v) is 4.42. The van der Waals surface area contributed by atoms with Gasteiger partial charge in [-0.3, -0.25) is 0 Å². The molecule has 170 valence electrons. The number of carbonyl (C=O) groups is 1. The molecule has 0 N–H and O–H groups in total. The highest BCUT2D eigenvalue weighted by molar-refractivity contribution is 5.84. The molecule has 0 bridgehead atoms. The second-order valence-electron chi connectivity index (χ2n) is 9.86. The van der Waals surface area contributed by atoms with Gasteiger partial charge in [-0.1, -0.05) is 26.0 Å². The van der Waals surface area contributed by atoms with Crippen molar-refractivity contribution in [3.63, 3.8) is 0 Å². The van der Waals surface area contributed by atoms with Crippen LogP contribution in [-0.4, -0.2) is 33.7 Å². The number of halogens is 1. The molecule has 4 nitrogen and oxygen atoms in total. The lowest BCUT2D eigenvalue weighted by Crippen LogP contribution is -2.41. The zero-order valence-electron chi connectivity index (χ0n) is 19.7. The molecule has 31 heavy (non-hydrogen) atoms. The summed E-state index contributed by atoms with van der Waals surface area (Å²) in [4.78, 5) is 14.5. The number of amides is 1. The minimum atomic E-state index is -0.503. The highest BCUT2D eigenvalue weighted by atomic mass is 19.1. The third-order valence-electron chi connectivity index (χ3n) is 5.85. The lowest BCUT2D eigenvalue weighted by molar-refractivity contribution is 0.0215. The van der Waals surface area contributed by atoms with E-state index < -0.39 is 5.60 Å². The number of nitrogens with zero attached hydrogens (tertiary/aromatic N) is 2. The van der Waals surface area contributed by atoms with E-state index in [0.29, 0.717) is 12.5 Å². The molecule has 1 saturated heterocycles. The first-order valence-corrected chi connectivity index (χ1v) is 11.6. The van der Waals surface area contributed by atoms with Crippen molar-refractivity contribution in [2.75, 3.05) is 6.54 Å². The third kappa shape index (κ3) is 6.11. The normalized spacial score (nSPS) is 18.3. The van der Waals surface area contributed by atoms with Crippen LogP contribution in [-0.2, 0) is 17.7 Å². The Balaban J connectivity index is 1.82. The number of carbonyl (C=O) groups excluding carboxylic acids is 1. The summed E-state index contributed by atoms with van der Waals surface area (Å²) in [5.41, 5.74) is 1.70. The first kappa shape index (κ1) is 23.4. The highest BCUT2D eigenvalue weighted by Gasteiger charge is 2.32. The maximum Gasteiger partial charge on any atom is 0.410 e. The lowest BCUT2D eigenvalue weighted by atomic mass is 9.97. The van der Waals surface area contributed by atoms with Crippen LogP contribution >= 0.6 is 0 Å². The maximum atomic E-state index is 14.1. The largest absolute Gasteiger partial charge is 0.444 e. The van der Waals surface area contributed by atoms with E-state index in [1.165, 1.54) is 11.6 Å². The molecule has 2 aromatic rings. The van der Waals surface area contributed by atoms with E-state index in [0.717, 1.165) is 49.6 Å². The second kappa shape index (κ2) is 9.88. The molecule has 1 amide bonds. The smallest absolute Gasteiger partial charge is 0.410 e. The predicted molar refractivity (Wildman–Crippen MR) is 125 cm³/mol. The van der Waals surface area contributed by atoms with Crippen LogP contribution in [0.25, 0.3) is 10.9 Å². The summed E-state index contributed by atoms with van der Waals surface area (Å²) in [5, 5.41) is 0.980. The molecule has 1 unspecified atom stereocenters. The number of hydrogen-bond donors (Lipinski definition) is 0. The van der Waals surface area contributed by atoms with Gasteiger partial charge in [0, 0.05) is 30.2 Å². The summed E-state index contributed by atoms with van der Waals surface area (Å²) in [6.45, 7) is 11.5. The van der Waals surface area contributed by atoms with Gasteiger partial charge in [0.25, 0.3) is 0 Å². The van der Waals surface area contributed by atoms with Crippen LogP contribution in [0.1, 0.15) is 65.9 Å². The molecule has 1 aliphatic rings. The van der Waals surface area contributed by atoms with Crippen LogP contribution in [0.15, 0.2) is 36.5 Å². The average Bonchev–Trinajstić information content (AvgIpc) is 3.26. The van der Waals surface area contributed by atoms with E-state index in [1.54, 1.807) is 6.07 Å². The van der Waals surface area contributed by atoms with Crippen LogP contribution in [0.2, 0.25) is 0 Å². The Morgan fingerprint density at radius 2 is 2.10 bits per heavy atom. The van der Waals surface area contributed by atoms with E-state index in [2.05, 4.69) is 36.8 Å². The van der Waals surface area contributed by atoms with Gasteiger partial charge in [-0.2, -0.15) is 0 Å². The Bertz CT molecular complexity index is 925. The maximum absolute atomic E-state index is 14.1. The molecular formula is C26H37FN2O2. The molecule has 1 aromatic carbocycles. The first-order valence-electron chi connectivity index (χ1n) is 11.6. The minimum Gasteiger partial charge on any atom is -0.444 e. The summed E-state index contributed by atoms with van der Waals surface area (Å²) in [7, 11) is 0. The molecule has 2 heterocycles. The quantitative estimate of drug-likeness (QED) is 0.459. The molecule has 0 saturated carbocycles. The van der Waals surface area contributed by atoms with Crippen LogP contribution in [0.4, 0.5) is 9.18 Å². The SMILES string of the molecule is CC/C=C\CC(C)Cc1cn(C[C@@H]2CCCN2C(=O)OC(C)(C)C)c2ccc(F)cc12. The van der Waals surface area contributed by atoms with Gasteiger partial charge < -0.3 is 14.2 Å². The van der Waals surface area contributed by atoms with E-state index in [1.807, 2.05) is 31.7 Å². The van der Waals surface area contributed by atoms with Gasteiger partial charge >= 0.3 is 6.09 Å². The third-order valence-corrected chi connectivity index (χ3v) is 5.85. The zero-order chi connectivity index (χ0) is 22.6. The molecule has 2 atom stereocenters. The Labute approximate surface area is 186 Å². The summed E-state index contributed by atoms with van der Waals surface area (Å²) in [6, 6.07) is 5.13. The number of aromatic nitrogens is 1. The van der Waals surface area contributed by atoms with Gasteiger partial charge in [-0.05, 0) is 82.6 Å². The van der Waals surface area contributed by atoms with Crippen molar-refractivity contribution in [2.45, 2.75) is 84.9 Å². The van der Waals surface area contributed by atoms with Crippen molar-refractivity contribution in [3.8, 4) is 0 Å². The summed E-state index contributed by atoms with van der Waals surface area (Å²) < 4.78 is 21.9. The van der Waals surface area contributed by atoms with E-state index in [-0.39, 0.29) is 18.0 Å². The minimum absolute atomic E-state index is 0.0910. The van der Waals surface area contributed by atoms with Gasteiger partial charge in [0.1, 0.15) is 11.4 Å². The van der Waals surface area contributed by atoms with Gasteiger partial charge in [-0.15, -0.1) is 0 Å². The van der Waals surface area contributed by atoms with Crippen molar-refractivity contribution < 1.29 is 13.9 Å². The standard InChI is InChI=1S/C26H37FN2O2/c1-6-7-8-10-19(2)15-20-17-28(24-13-12-21(27)16-23(20)24)18-22-11-9-14-29(22)25(30)31-26(3,4)5/h7-8,12-13,16-17,19,22H,6,9-11,14-15,18H2,1-5H3/b8-7-/t19?,22-/m0/s1. The number of likely N-dealkylation sites (tertiary alicyclic amines) is 1. The molecule has 3 rings (SSSR count). The summed E-state index contributed by atoms with van der Waals surface area (Å²) >= 11 is 0. The van der Waals surface area contributed by atoms with E-state index in [9.17, 15) is 9.18 Å². The number of hydrogen-bond acceptors (Lipinski definition) is 2. The van der Waals surface area contributed by atoms with E-state index >= 15 is 0 Å². The van der Waals surface area contributed by atoms with Crippen LogP contribution in [0.5, 0.6) is 0 Å². The predicted octanol–water partition coefficient (Wildman–Crippen LogP) is 6.71. The highest BCUT2D eigenvalue weighted by Crippen LogP contribution is 2.29. The molecular weight excluding hydrogens is 391 g/mol. The average molecular weight is 429 g/mol. The van der Waals surface area contributed by atoms with Gasteiger partial charge in [-0.25, -0.2) is 9.18 Å². The van der Waals surface area contributed by atoms with Crippen molar-refractivity contribution in [3.05, 3.63) is 47.9 Å². The lowest BCUT2D eigenvalue weighted by Gasteiger charge is -2.29. The molecule has 0 spiro atoms. The van der Waals surface area contributed by atoms with E-state index in [4.69, 9.17) is 4.74 Å². The Morgan fingerprint density at radius 3 is 2.81 bits per heavy atom. The van der Waals surface area contributed by atoms with Crippen molar-refractivity contribution >= 4 is 17.0 Å². The summed E-state index contributed by atoms with van der Waals surface area (Å²) in [5.74, 6) is 0.274. The number of benzene rings is 1. The fraction of sp³-hybridized carbons (Fsp3) is 0.577. The van der Waals surface area contributed by atoms with Crippen molar-refractivity contribution in [1.29, 1.82) is 0 Å². The van der Waals surface area contributed by atoms with Crippen LogP contribution < -0.4 is 0 Å². The number of allylic oxidation sites excluding steroid dienone is 2. The molecule has 0 radical (unpaired) electrons. The van der Waals surface area contributed by atoms with Gasteiger partial charge in [0.05, 0.1) is 6.04 Å². The van der Waals surface area contributed by atoms with Crippen LogP contribution in [0, 0.1) is 11.7 Å². The first-order chi connectivity index (χ1) is 14.7.